The van der Waals surface area contributed by atoms with Crippen molar-refractivity contribution in [2.45, 2.75) is 20.0 Å². The molecule has 32 heavy (non-hydrogen) atoms. The topological polar surface area (TPSA) is 130 Å². The van der Waals surface area contributed by atoms with E-state index in [0.717, 1.165) is 28.2 Å². The molecule has 1 unspecified atom stereocenters. The Kier molecular flexibility index (Phi) is 7.11. The zero-order chi connectivity index (χ0) is 23.4. The van der Waals surface area contributed by atoms with Crippen LogP contribution in [0.4, 0.5) is 5.00 Å². The molecule has 3 aromatic rings. The minimum atomic E-state index is -1.10. The number of aromatic nitrogens is 1. The Morgan fingerprint density at radius 2 is 1.84 bits per heavy atom. The zero-order valence-electron chi connectivity index (χ0n) is 17.8. The van der Waals surface area contributed by atoms with E-state index in [4.69, 9.17) is 19.9 Å². The molecule has 2 amide bonds. The number of thiazole rings is 1. The van der Waals surface area contributed by atoms with Crippen LogP contribution < -0.4 is 20.5 Å². The molecule has 0 aliphatic rings. The van der Waals surface area contributed by atoms with Gasteiger partial charge in [0.05, 0.1) is 25.5 Å². The van der Waals surface area contributed by atoms with Crippen LogP contribution in [0.1, 0.15) is 32.6 Å². The number of anilines is 1. The Morgan fingerprint density at radius 1 is 1.12 bits per heavy atom. The molecule has 0 aliphatic carbocycles. The van der Waals surface area contributed by atoms with E-state index in [9.17, 15) is 14.4 Å². The van der Waals surface area contributed by atoms with E-state index >= 15 is 0 Å². The summed E-state index contributed by atoms with van der Waals surface area (Å²) in [5, 5.41) is 5.08. The van der Waals surface area contributed by atoms with Gasteiger partial charge in [-0.2, -0.15) is 0 Å². The largest absolute Gasteiger partial charge is 0.493 e. The molecule has 1 atom stereocenters. The van der Waals surface area contributed by atoms with Crippen molar-refractivity contribution in [2.75, 3.05) is 19.5 Å². The maximum Gasteiger partial charge on any atom is 0.351 e. The van der Waals surface area contributed by atoms with Gasteiger partial charge in [-0.3, -0.25) is 9.59 Å². The number of methoxy groups -OCH3 is 2. The van der Waals surface area contributed by atoms with E-state index in [1.807, 2.05) is 6.07 Å². The monoisotopic (exact) mass is 475 g/mol. The second-order valence-electron chi connectivity index (χ2n) is 6.57. The number of nitrogens with one attached hydrogen (secondary N) is 1. The summed E-state index contributed by atoms with van der Waals surface area (Å²) in [5.41, 5.74) is 6.70. The molecule has 2 heterocycles. The third kappa shape index (κ3) is 4.89. The van der Waals surface area contributed by atoms with E-state index in [1.165, 1.54) is 20.1 Å². The van der Waals surface area contributed by atoms with Crippen LogP contribution in [0.2, 0.25) is 0 Å². The minimum Gasteiger partial charge on any atom is -0.493 e. The summed E-state index contributed by atoms with van der Waals surface area (Å²) >= 11 is 2.29. The van der Waals surface area contributed by atoms with Gasteiger partial charge in [0.25, 0.3) is 11.8 Å². The smallest absolute Gasteiger partial charge is 0.351 e. The molecule has 3 rings (SSSR count). The van der Waals surface area contributed by atoms with E-state index < -0.39 is 23.9 Å². The van der Waals surface area contributed by atoms with Crippen LogP contribution in [0, 0.1) is 6.92 Å². The first-order chi connectivity index (χ1) is 15.2. The fraction of sp³-hybridized carbons (Fsp3) is 0.238. The number of aryl methyl sites for hydroxylation is 1. The molecule has 0 saturated heterocycles. The number of rotatable bonds is 8. The lowest BCUT2D eigenvalue weighted by Crippen LogP contribution is -2.30. The first kappa shape index (κ1) is 23.2. The van der Waals surface area contributed by atoms with Crippen molar-refractivity contribution in [3.8, 4) is 22.1 Å². The van der Waals surface area contributed by atoms with E-state index in [2.05, 4.69) is 10.3 Å². The van der Waals surface area contributed by atoms with Gasteiger partial charge in [0.2, 0.25) is 0 Å². The summed E-state index contributed by atoms with van der Waals surface area (Å²) < 4.78 is 15.9. The number of hydrogen-bond acceptors (Lipinski definition) is 9. The van der Waals surface area contributed by atoms with Gasteiger partial charge in [-0.15, -0.1) is 22.7 Å². The first-order valence-corrected chi connectivity index (χ1v) is 11.0. The zero-order valence-corrected chi connectivity index (χ0v) is 19.4. The maximum atomic E-state index is 12.7. The quantitative estimate of drug-likeness (QED) is 0.477. The van der Waals surface area contributed by atoms with Crippen molar-refractivity contribution in [3.63, 3.8) is 0 Å². The molecule has 0 aliphatic heterocycles. The number of thiophene rings is 1. The fourth-order valence-corrected chi connectivity index (χ4v) is 4.50. The number of carbonyl (C=O) groups excluding carboxylic acids is 3. The van der Waals surface area contributed by atoms with E-state index in [-0.39, 0.29) is 10.4 Å². The van der Waals surface area contributed by atoms with Gasteiger partial charge < -0.3 is 25.3 Å². The van der Waals surface area contributed by atoms with Gasteiger partial charge in [-0.1, -0.05) is 0 Å². The maximum absolute atomic E-state index is 12.7. The van der Waals surface area contributed by atoms with Crippen LogP contribution in [-0.4, -0.2) is 43.1 Å². The third-order valence-corrected chi connectivity index (χ3v) is 6.45. The molecule has 11 heteroatoms. The molecule has 1 aromatic carbocycles. The summed E-state index contributed by atoms with van der Waals surface area (Å²) in [6.07, 6.45) is -1.10. The van der Waals surface area contributed by atoms with Gasteiger partial charge in [-0.05, 0) is 43.5 Å². The molecule has 0 spiro atoms. The first-order valence-electron chi connectivity index (χ1n) is 9.34. The second kappa shape index (κ2) is 9.79. The van der Waals surface area contributed by atoms with Crippen molar-refractivity contribution in [2.24, 2.45) is 5.73 Å². The number of amides is 2. The lowest BCUT2D eigenvalue weighted by Gasteiger charge is -2.12. The molecule has 3 N–H and O–H groups in total. The SMILES string of the molecule is COc1ccc(-c2nc(C)c(C(=O)OC(C)C(=O)Nc3sccc3C(N)=O)s2)cc1OC. The lowest BCUT2D eigenvalue weighted by molar-refractivity contribution is -0.123. The fourth-order valence-electron chi connectivity index (χ4n) is 2.76. The second-order valence-corrected chi connectivity index (χ2v) is 8.48. The predicted octanol–water partition coefficient (Wildman–Crippen LogP) is 3.48. The number of nitrogens with zero attached hydrogens (tertiary/aromatic N) is 1. The Labute approximate surface area is 192 Å². The van der Waals surface area contributed by atoms with Crippen molar-refractivity contribution >= 4 is 45.5 Å². The number of esters is 1. The average molecular weight is 476 g/mol. The Hall–Kier alpha value is -3.44. The number of hydrogen-bond donors (Lipinski definition) is 2. The minimum absolute atomic E-state index is 0.194. The molecule has 2 aromatic heterocycles. The van der Waals surface area contributed by atoms with Gasteiger partial charge in [0.1, 0.15) is 14.9 Å². The molecule has 0 saturated carbocycles. The van der Waals surface area contributed by atoms with Crippen LogP contribution in [0.25, 0.3) is 10.6 Å². The number of nitrogens with two attached hydrogens (primary N) is 1. The molecule has 168 valence electrons. The normalized spacial score (nSPS) is 11.5. The van der Waals surface area contributed by atoms with Crippen LogP contribution in [0.15, 0.2) is 29.6 Å². The highest BCUT2D eigenvalue weighted by Gasteiger charge is 2.24. The van der Waals surface area contributed by atoms with Crippen LogP contribution in [0.3, 0.4) is 0 Å². The molecule has 0 bridgehead atoms. The Morgan fingerprint density at radius 3 is 2.50 bits per heavy atom. The van der Waals surface area contributed by atoms with Gasteiger partial charge >= 0.3 is 5.97 Å². The average Bonchev–Trinajstić information content (AvgIpc) is 3.39. The molecular formula is C21H21N3O6S2. The van der Waals surface area contributed by atoms with E-state index in [0.29, 0.717) is 27.2 Å². The van der Waals surface area contributed by atoms with E-state index in [1.54, 1.807) is 31.5 Å². The van der Waals surface area contributed by atoms with Gasteiger partial charge in [0, 0.05) is 5.56 Å². The molecule has 0 fully saturated rings. The highest BCUT2D eigenvalue weighted by molar-refractivity contribution is 7.17. The Bertz CT molecular complexity index is 1170. The Balaban J connectivity index is 1.73. The number of carbonyl (C=O) groups is 3. The van der Waals surface area contributed by atoms with Crippen LogP contribution in [-0.2, 0) is 9.53 Å². The summed E-state index contributed by atoms with van der Waals surface area (Å²) in [5.74, 6) is -0.791. The summed E-state index contributed by atoms with van der Waals surface area (Å²) in [6, 6.07) is 6.83. The van der Waals surface area contributed by atoms with Crippen molar-refractivity contribution in [3.05, 3.63) is 45.8 Å². The number of ether oxygens (including phenoxy) is 3. The van der Waals surface area contributed by atoms with Crippen LogP contribution in [0.5, 0.6) is 11.5 Å². The van der Waals surface area contributed by atoms with Crippen molar-refractivity contribution < 1.29 is 28.6 Å². The summed E-state index contributed by atoms with van der Waals surface area (Å²) in [4.78, 5) is 41.2. The highest BCUT2D eigenvalue weighted by atomic mass is 32.1. The van der Waals surface area contributed by atoms with Crippen LogP contribution >= 0.6 is 22.7 Å². The van der Waals surface area contributed by atoms with Crippen molar-refractivity contribution in [1.82, 2.24) is 4.98 Å². The lowest BCUT2D eigenvalue weighted by atomic mass is 10.2. The molecule has 9 nitrogen and oxygen atoms in total. The molecule has 0 radical (unpaired) electrons. The van der Waals surface area contributed by atoms with Gasteiger partial charge in [0.15, 0.2) is 17.6 Å². The highest BCUT2D eigenvalue weighted by Crippen LogP contribution is 2.35. The molecular weight excluding hydrogens is 454 g/mol. The number of benzene rings is 1. The summed E-state index contributed by atoms with van der Waals surface area (Å²) in [7, 11) is 3.08. The standard InChI is InChI=1S/C21H21N3O6S2/c1-10-16(32-19(23-10)12-5-6-14(28-3)15(9-12)29-4)21(27)30-11(2)18(26)24-20-13(17(22)25)7-8-31-20/h5-9,11H,1-4H3,(H2,22,25)(H,24,26). The van der Waals surface area contributed by atoms with Crippen molar-refractivity contribution in [1.29, 1.82) is 0 Å². The predicted molar refractivity (Wildman–Crippen MR) is 122 cm³/mol. The van der Waals surface area contributed by atoms with Gasteiger partial charge in [-0.25, -0.2) is 9.78 Å². The number of primary amides is 1. The third-order valence-electron chi connectivity index (χ3n) is 4.43. The summed E-state index contributed by atoms with van der Waals surface area (Å²) in [6.45, 7) is 3.13.